The van der Waals surface area contributed by atoms with E-state index in [9.17, 15) is 9.59 Å². The first-order valence-corrected chi connectivity index (χ1v) is 6.13. The number of nitrogens with zero attached hydrogens (tertiary/aromatic N) is 3. The molecule has 0 bridgehead atoms. The number of Topliss-reactive ketones (excluding diaryl/α,β-unsaturated/α-hetero) is 1. The summed E-state index contributed by atoms with van der Waals surface area (Å²) < 4.78 is 4.85. The van der Waals surface area contributed by atoms with Crippen molar-refractivity contribution in [2.45, 2.75) is 26.3 Å². The van der Waals surface area contributed by atoms with Gasteiger partial charge in [0.1, 0.15) is 5.76 Å². The lowest BCUT2D eigenvalue weighted by Crippen LogP contribution is -2.52. The third kappa shape index (κ3) is 2.36. The molecule has 2 atom stereocenters. The van der Waals surface area contributed by atoms with Gasteiger partial charge in [0, 0.05) is 25.1 Å². The predicted molar refractivity (Wildman–Crippen MR) is 67.1 cm³/mol. The van der Waals surface area contributed by atoms with Crippen LogP contribution < -0.4 is 0 Å². The van der Waals surface area contributed by atoms with Crippen molar-refractivity contribution in [2.75, 3.05) is 6.54 Å². The lowest BCUT2D eigenvalue weighted by atomic mass is 9.84. The van der Waals surface area contributed by atoms with Crippen molar-refractivity contribution in [3.05, 3.63) is 17.5 Å². The molecule has 2 rings (SSSR count). The van der Waals surface area contributed by atoms with Gasteiger partial charge in [-0.1, -0.05) is 10.3 Å². The van der Waals surface area contributed by atoms with Crippen LogP contribution in [0.5, 0.6) is 0 Å². The molecule has 1 aromatic heterocycles. The minimum Gasteiger partial charge on any atom is -0.465 e. The number of oxime groups is 1. The Morgan fingerprint density at radius 1 is 1.55 bits per heavy atom. The molecule has 1 aliphatic heterocycles. The summed E-state index contributed by atoms with van der Waals surface area (Å²) in [5.74, 6) is -0.781. The molecular formula is C12H15N3O5. The summed E-state index contributed by atoms with van der Waals surface area (Å²) in [4.78, 5) is 24.7. The average molecular weight is 281 g/mol. The van der Waals surface area contributed by atoms with Crippen LogP contribution in [0, 0.1) is 12.8 Å². The van der Waals surface area contributed by atoms with Crippen molar-refractivity contribution in [3.8, 4) is 0 Å². The summed E-state index contributed by atoms with van der Waals surface area (Å²) >= 11 is 0. The molecule has 1 saturated heterocycles. The van der Waals surface area contributed by atoms with Crippen molar-refractivity contribution >= 4 is 17.6 Å². The number of piperidine rings is 1. The first kappa shape index (κ1) is 14.0. The topological polar surface area (TPSA) is 116 Å². The molecular weight excluding hydrogens is 266 g/mol. The van der Waals surface area contributed by atoms with Crippen molar-refractivity contribution in [3.63, 3.8) is 0 Å². The molecule has 8 nitrogen and oxygen atoms in total. The van der Waals surface area contributed by atoms with E-state index in [1.165, 1.54) is 6.07 Å². The minimum absolute atomic E-state index is 0.104. The Labute approximate surface area is 114 Å². The Kier molecular flexibility index (Phi) is 3.73. The largest absolute Gasteiger partial charge is 0.465 e. The molecule has 1 fully saturated rings. The van der Waals surface area contributed by atoms with Gasteiger partial charge < -0.3 is 19.7 Å². The molecule has 1 aromatic rings. The van der Waals surface area contributed by atoms with E-state index < -0.39 is 23.8 Å². The number of aromatic nitrogens is 1. The number of carboxylic acid groups (broad SMARTS) is 1. The van der Waals surface area contributed by atoms with Crippen LogP contribution in [0.2, 0.25) is 0 Å². The zero-order valence-electron chi connectivity index (χ0n) is 11.1. The number of hydrogen-bond donors (Lipinski definition) is 2. The molecule has 1 amide bonds. The van der Waals surface area contributed by atoms with Gasteiger partial charge in [-0.05, 0) is 13.8 Å². The van der Waals surface area contributed by atoms with Gasteiger partial charge in [0.25, 0.3) is 0 Å². The third-order valence-corrected chi connectivity index (χ3v) is 3.48. The number of likely N-dealkylation sites (tertiary alicyclic amines) is 1. The molecule has 108 valence electrons. The maximum Gasteiger partial charge on any atom is 0.407 e. The van der Waals surface area contributed by atoms with Crippen molar-refractivity contribution in [2.24, 2.45) is 11.1 Å². The van der Waals surface area contributed by atoms with Gasteiger partial charge in [0.2, 0.25) is 0 Å². The lowest BCUT2D eigenvalue weighted by Gasteiger charge is -2.36. The van der Waals surface area contributed by atoms with E-state index in [0.29, 0.717) is 5.76 Å². The molecule has 2 heterocycles. The molecule has 2 N–H and O–H groups in total. The van der Waals surface area contributed by atoms with Crippen LogP contribution in [0.3, 0.4) is 0 Å². The van der Waals surface area contributed by atoms with Crippen LogP contribution in [0.25, 0.3) is 0 Å². The van der Waals surface area contributed by atoms with Crippen LogP contribution in [-0.2, 0) is 0 Å². The minimum atomic E-state index is -1.11. The van der Waals surface area contributed by atoms with E-state index in [4.69, 9.17) is 14.8 Å². The fraction of sp³-hybridized carbons (Fsp3) is 0.500. The average Bonchev–Trinajstić information content (AvgIpc) is 2.83. The Bertz CT molecular complexity index is 565. The zero-order valence-corrected chi connectivity index (χ0v) is 11.1. The number of rotatable bonds is 2. The molecule has 1 unspecified atom stereocenters. The monoisotopic (exact) mass is 281 g/mol. The molecule has 0 aliphatic carbocycles. The van der Waals surface area contributed by atoms with Crippen molar-refractivity contribution in [1.82, 2.24) is 10.1 Å². The highest BCUT2D eigenvalue weighted by Gasteiger charge is 2.41. The van der Waals surface area contributed by atoms with E-state index in [0.717, 1.165) is 4.90 Å². The Hall–Kier alpha value is -2.38. The number of carbonyl (C=O) groups is 2. The second-order valence-corrected chi connectivity index (χ2v) is 4.72. The second kappa shape index (κ2) is 5.32. The van der Waals surface area contributed by atoms with Gasteiger partial charge in [0.15, 0.2) is 11.5 Å². The second-order valence-electron chi connectivity index (χ2n) is 4.72. The molecule has 0 saturated carbocycles. The van der Waals surface area contributed by atoms with Crippen LogP contribution in [0.15, 0.2) is 15.7 Å². The zero-order chi connectivity index (χ0) is 14.9. The summed E-state index contributed by atoms with van der Waals surface area (Å²) in [6.45, 7) is 3.45. The number of ketones is 1. The summed E-state index contributed by atoms with van der Waals surface area (Å²) in [5, 5.41) is 24.9. The first-order valence-electron chi connectivity index (χ1n) is 6.13. The van der Waals surface area contributed by atoms with Crippen LogP contribution in [0.1, 0.15) is 29.6 Å². The normalized spacial score (nSPS) is 24.9. The van der Waals surface area contributed by atoms with Gasteiger partial charge in [-0.2, -0.15) is 0 Å². The number of aryl methyl sites for hydroxylation is 1. The number of amides is 1. The van der Waals surface area contributed by atoms with E-state index in [1.54, 1.807) is 13.8 Å². The number of hydrogen-bond acceptors (Lipinski definition) is 6. The lowest BCUT2D eigenvalue weighted by molar-refractivity contribution is 0.0810. The van der Waals surface area contributed by atoms with Gasteiger partial charge in [-0.15, -0.1) is 0 Å². The SMILES string of the molecule is Cc1cc(C(=O)C2C(=NO)CCN(C(=O)O)[C@H]2C)no1. The van der Waals surface area contributed by atoms with E-state index >= 15 is 0 Å². The summed E-state index contributed by atoms with van der Waals surface area (Å²) in [7, 11) is 0. The number of carbonyl (C=O) groups excluding carboxylic acids is 1. The molecule has 0 aromatic carbocycles. The van der Waals surface area contributed by atoms with E-state index in [-0.39, 0.29) is 24.4 Å². The van der Waals surface area contributed by atoms with Gasteiger partial charge >= 0.3 is 6.09 Å². The predicted octanol–water partition coefficient (Wildman–Crippen LogP) is 1.38. The van der Waals surface area contributed by atoms with Gasteiger partial charge in [0.05, 0.1) is 11.6 Å². The van der Waals surface area contributed by atoms with E-state index in [1.807, 2.05) is 0 Å². The summed E-state index contributed by atoms with van der Waals surface area (Å²) in [5.41, 5.74) is 0.369. The molecule has 1 aliphatic rings. The third-order valence-electron chi connectivity index (χ3n) is 3.48. The molecule has 0 radical (unpaired) electrons. The first-order chi connectivity index (χ1) is 9.45. The van der Waals surface area contributed by atoms with Gasteiger partial charge in [-0.25, -0.2) is 4.79 Å². The highest BCUT2D eigenvalue weighted by Crippen LogP contribution is 2.25. The highest BCUT2D eigenvalue weighted by molar-refractivity contribution is 6.12. The Balaban J connectivity index is 2.33. The van der Waals surface area contributed by atoms with Crippen LogP contribution >= 0.6 is 0 Å². The Morgan fingerprint density at radius 3 is 2.75 bits per heavy atom. The highest BCUT2D eigenvalue weighted by atomic mass is 16.5. The molecule has 20 heavy (non-hydrogen) atoms. The fourth-order valence-electron chi connectivity index (χ4n) is 2.45. The van der Waals surface area contributed by atoms with Gasteiger partial charge in [-0.3, -0.25) is 4.79 Å². The quantitative estimate of drug-likeness (QED) is 0.480. The van der Waals surface area contributed by atoms with Crippen molar-refractivity contribution in [1.29, 1.82) is 0 Å². The molecule has 0 spiro atoms. The summed E-state index contributed by atoms with van der Waals surface area (Å²) in [6.07, 6.45) is -0.899. The maximum atomic E-state index is 12.4. The maximum absolute atomic E-state index is 12.4. The fourth-order valence-corrected chi connectivity index (χ4v) is 2.45. The Morgan fingerprint density at radius 2 is 2.25 bits per heavy atom. The van der Waals surface area contributed by atoms with Crippen molar-refractivity contribution < 1.29 is 24.4 Å². The smallest absolute Gasteiger partial charge is 0.407 e. The van der Waals surface area contributed by atoms with E-state index in [2.05, 4.69) is 10.3 Å². The van der Waals surface area contributed by atoms with Crippen LogP contribution in [-0.4, -0.2) is 50.5 Å². The summed E-state index contributed by atoms with van der Waals surface area (Å²) in [6, 6.07) is 0.848. The molecule has 8 heteroatoms. The van der Waals surface area contributed by atoms with Crippen LogP contribution in [0.4, 0.5) is 4.79 Å². The standard InChI is InChI=1S/C12H15N3O5/c1-6-5-9(14-20-6)11(16)10-7(2)15(12(17)18)4-3-8(10)13-19/h5,7,10,19H,3-4H2,1-2H3,(H,17,18)/t7-,10?/m0/s1.